The molecule has 0 aliphatic rings. The van der Waals surface area contributed by atoms with Gasteiger partial charge in [-0.05, 0) is 50.2 Å². The number of fused-ring (bicyclic) bond motifs is 1. The van der Waals surface area contributed by atoms with E-state index >= 15 is 0 Å². The van der Waals surface area contributed by atoms with Crippen LogP contribution in [0.3, 0.4) is 0 Å². The molecule has 0 fully saturated rings. The van der Waals surface area contributed by atoms with Crippen molar-refractivity contribution in [3.05, 3.63) is 60.4 Å². The van der Waals surface area contributed by atoms with Crippen LogP contribution >= 0.6 is 0 Å². The zero-order valence-corrected chi connectivity index (χ0v) is 16.4. The van der Waals surface area contributed by atoms with Crippen molar-refractivity contribution in [1.29, 1.82) is 0 Å². The maximum Gasteiger partial charge on any atom is 0.296 e. The molecule has 0 atom stereocenters. The molecule has 7 nitrogen and oxygen atoms in total. The summed E-state index contributed by atoms with van der Waals surface area (Å²) in [4.78, 5) is 12.6. The quantitative estimate of drug-likeness (QED) is 0.471. The number of aromatic nitrogens is 4. The van der Waals surface area contributed by atoms with Crippen molar-refractivity contribution in [3.8, 4) is 11.6 Å². The highest BCUT2D eigenvalue weighted by Gasteiger charge is 2.21. The number of hydrogen-bond acceptors (Lipinski definition) is 6. The Hall–Kier alpha value is -3.75. The second-order valence-electron chi connectivity index (χ2n) is 6.89. The second-order valence-corrected chi connectivity index (χ2v) is 6.89. The highest BCUT2D eigenvalue weighted by molar-refractivity contribution is 5.78. The number of nitrogen functional groups attached to an aromatic ring is 1. The van der Waals surface area contributed by atoms with Crippen LogP contribution in [0.2, 0.25) is 0 Å². The molecular formula is C21H20F2N6O. The fraction of sp³-hybridized carbons (Fsp3) is 0.190. The van der Waals surface area contributed by atoms with Gasteiger partial charge in [0.2, 0.25) is 5.95 Å². The van der Waals surface area contributed by atoms with Gasteiger partial charge in [0.15, 0.2) is 5.82 Å². The number of benzene rings is 2. The van der Waals surface area contributed by atoms with E-state index in [9.17, 15) is 8.78 Å². The summed E-state index contributed by atoms with van der Waals surface area (Å²) in [6.07, 6.45) is -2.71. The molecular weight excluding hydrogens is 390 g/mol. The van der Waals surface area contributed by atoms with Crippen molar-refractivity contribution in [2.24, 2.45) is 0 Å². The number of para-hydroxylation sites is 2. The number of nitrogens with two attached hydrogens (primary N) is 1. The number of nitrogens with zero attached hydrogens (tertiary/aromatic N) is 4. The lowest BCUT2D eigenvalue weighted by Gasteiger charge is -2.12. The Morgan fingerprint density at radius 3 is 2.43 bits per heavy atom. The lowest BCUT2D eigenvalue weighted by Crippen LogP contribution is -2.09. The molecule has 0 spiro atoms. The minimum Gasteiger partial charge on any atom is -0.491 e. The zero-order chi connectivity index (χ0) is 21.3. The summed E-state index contributed by atoms with van der Waals surface area (Å²) in [5.41, 5.74) is 7.59. The monoisotopic (exact) mass is 410 g/mol. The lowest BCUT2D eigenvalue weighted by molar-refractivity contribution is 0.139. The molecule has 2 aromatic carbocycles. The third-order valence-corrected chi connectivity index (χ3v) is 4.23. The normalized spacial score (nSPS) is 11.4. The highest BCUT2D eigenvalue weighted by atomic mass is 19.3. The van der Waals surface area contributed by atoms with E-state index in [4.69, 9.17) is 10.5 Å². The minimum atomic E-state index is -2.78. The molecule has 154 valence electrons. The number of nitrogens with one attached hydrogen (secondary N) is 1. The van der Waals surface area contributed by atoms with E-state index < -0.39 is 12.2 Å². The van der Waals surface area contributed by atoms with Crippen LogP contribution in [0.15, 0.2) is 54.6 Å². The molecule has 2 heterocycles. The molecule has 0 radical (unpaired) electrons. The van der Waals surface area contributed by atoms with E-state index in [2.05, 4.69) is 20.3 Å². The first-order valence-electron chi connectivity index (χ1n) is 9.35. The summed E-state index contributed by atoms with van der Waals surface area (Å²) < 4.78 is 34.2. The number of alkyl halides is 2. The van der Waals surface area contributed by atoms with Gasteiger partial charge in [-0.1, -0.05) is 12.1 Å². The van der Waals surface area contributed by atoms with E-state index in [-0.39, 0.29) is 23.7 Å². The molecule has 0 aliphatic carbocycles. The maximum atomic E-state index is 13.6. The number of hydrogen-bond donors (Lipinski definition) is 2. The van der Waals surface area contributed by atoms with Crippen molar-refractivity contribution in [3.63, 3.8) is 0 Å². The zero-order valence-electron chi connectivity index (χ0n) is 16.4. The molecule has 0 aliphatic heterocycles. The third kappa shape index (κ3) is 4.00. The third-order valence-electron chi connectivity index (χ3n) is 4.23. The smallest absolute Gasteiger partial charge is 0.296 e. The molecule has 0 saturated carbocycles. The van der Waals surface area contributed by atoms with Gasteiger partial charge in [0.25, 0.3) is 6.43 Å². The summed E-state index contributed by atoms with van der Waals surface area (Å²) in [5, 5.41) is 3.05. The standard InChI is InChI=1S/C21H20F2N6O/c1-12(2)30-14-9-7-13(8-10-14)25-21-27-17(24)11-18(28-21)29-16-6-4-3-5-15(16)26-20(29)19(22)23/h3-12,19H,1-2H3,(H3,24,25,27,28). The predicted molar refractivity (Wildman–Crippen MR) is 112 cm³/mol. The Balaban J connectivity index is 1.71. The van der Waals surface area contributed by atoms with Crippen LogP contribution in [0.5, 0.6) is 5.75 Å². The first-order valence-corrected chi connectivity index (χ1v) is 9.35. The summed E-state index contributed by atoms with van der Waals surface area (Å²) in [6.45, 7) is 3.89. The topological polar surface area (TPSA) is 90.9 Å². The van der Waals surface area contributed by atoms with Crippen molar-refractivity contribution < 1.29 is 13.5 Å². The molecule has 4 rings (SSSR count). The second kappa shape index (κ2) is 7.94. The average molecular weight is 410 g/mol. The van der Waals surface area contributed by atoms with E-state index in [1.165, 1.54) is 10.6 Å². The number of imidazole rings is 1. The van der Waals surface area contributed by atoms with Crippen LogP contribution in [0.1, 0.15) is 26.1 Å². The average Bonchev–Trinajstić information content (AvgIpc) is 3.09. The number of ether oxygens (including phenoxy) is 1. The summed E-state index contributed by atoms with van der Waals surface area (Å²) >= 11 is 0. The summed E-state index contributed by atoms with van der Waals surface area (Å²) in [7, 11) is 0. The van der Waals surface area contributed by atoms with Crippen molar-refractivity contribution in [2.45, 2.75) is 26.4 Å². The molecule has 0 saturated heterocycles. The van der Waals surface area contributed by atoms with Crippen LogP contribution in [0, 0.1) is 0 Å². The van der Waals surface area contributed by atoms with Gasteiger partial charge in [0.05, 0.1) is 17.1 Å². The largest absolute Gasteiger partial charge is 0.491 e. The first kappa shape index (κ1) is 19.6. The van der Waals surface area contributed by atoms with Crippen LogP contribution in [0.4, 0.5) is 26.2 Å². The van der Waals surface area contributed by atoms with Gasteiger partial charge in [-0.2, -0.15) is 9.97 Å². The van der Waals surface area contributed by atoms with Gasteiger partial charge in [-0.3, -0.25) is 4.57 Å². The Morgan fingerprint density at radius 2 is 1.73 bits per heavy atom. The van der Waals surface area contributed by atoms with E-state index in [0.29, 0.717) is 16.7 Å². The van der Waals surface area contributed by atoms with Crippen LogP contribution in [-0.4, -0.2) is 25.6 Å². The Kier molecular flexibility index (Phi) is 5.18. The van der Waals surface area contributed by atoms with Crippen LogP contribution in [-0.2, 0) is 0 Å². The van der Waals surface area contributed by atoms with Gasteiger partial charge >= 0.3 is 0 Å². The summed E-state index contributed by atoms with van der Waals surface area (Å²) in [5.74, 6) is 0.848. The molecule has 0 amide bonds. The van der Waals surface area contributed by atoms with Gasteiger partial charge in [-0.25, -0.2) is 13.8 Å². The van der Waals surface area contributed by atoms with Gasteiger partial charge in [-0.15, -0.1) is 0 Å². The fourth-order valence-corrected chi connectivity index (χ4v) is 3.07. The minimum absolute atomic E-state index is 0.0673. The Bertz CT molecular complexity index is 1170. The van der Waals surface area contributed by atoms with E-state index in [1.54, 1.807) is 36.4 Å². The number of halogens is 2. The SMILES string of the molecule is CC(C)Oc1ccc(Nc2nc(N)cc(-n3c(C(F)F)nc4ccccc43)n2)cc1. The van der Waals surface area contributed by atoms with Crippen molar-refractivity contribution in [2.75, 3.05) is 11.1 Å². The van der Waals surface area contributed by atoms with Gasteiger partial charge < -0.3 is 15.8 Å². The maximum absolute atomic E-state index is 13.6. The fourth-order valence-electron chi connectivity index (χ4n) is 3.07. The predicted octanol–water partition coefficient (Wildman–Crippen LogP) is 4.87. The molecule has 9 heteroatoms. The summed E-state index contributed by atoms with van der Waals surface area (Å²) in [6, 6.07) is 15.5. The molecule has 3 N–H and O–H groups in total. The Morgan fingerprint density at radius 1 is 1.00 bits per heavy atom. The first-order chi connectivity index (χ1) is 14.4. The molecule has 2 aromatic heterocycles. The van der Waals surface area contributed by atoms with Crippen LogP contribution in [0.25, 0.3) is 16.9 Å². The molecule has 0 unspecified atom stereocenters. The van der Waals surface area contributed by atoms with E-state index in [1.807, 2.05) is 26.0 Å². The lowest BCUT2D eigenvalue weighted by atomic mass is 10.3. The Labute approximate surface area is 171 Å². The van der Waals surface area contributed by atoms with Crippen molar-refractivity contribution in [1.82, 2.24) is 19.5 Å². The van der Waals surface area contributed by atoms with Gasteiger partial charge in [0.1, 0.15) is 17.4 Å². The van der Waals surface area contributed by atoms with Gasteiger partial charge in [0, 0.05) is 11.8 Å². The van der Waals surface area contributed by atoms with Crippen LogP contribution < -0.4 is 15.8 Å². The highest BCUT2D eigenvalue weighted by Crippen LogP contribution is 2.28. The van der Waals surface area contributed by atoms with E-state index in [0.717, 1.165) is 5.75 Å². The van der Waals surface area contributed by atoms with Crippen molar-refractivity contribution >= 4 is 28.5 Å². The number of anilines is 3. The molecule has 0 bridgehead atoms. The number of rotatable bonds is 6. The molecule has 4 aromatic rings. The molecule has 30 heavy (non-hydrogen) atoms.